The van der Waals surface area contributed by atoms with Crippen molar-refractivity contribution < 1.29 is 9.53 Å². The summed E-state index contributed by atoms with van der Waals surface area (Å²) in [5.74, 6) is 0.649. The van der Waals surface area contributed by atoms with E-state index in [0.717, 1.165) is 38.3 Å². The van der Waals surface area contributed by atoms with Gasteiger partial charge >= 0.3 is 0 Å². The van der Waals surface area contributed by atoms with Crippen molar-refractivity contribution in [3.8, 4) is 17.0 Å². The minimum atomic E-state index is -0.410. The molecule has 0 bridgehead atoms. The van der Waals surface area contributed by atoms with E-state index in [-0.39, 0.29) is 5.91 Å². The predicted molar refractivity (Wildman–Crippen MR) is 129 cm³/mol. The molecule has 0 spiro atoms. The Morgan fingerprint density at radius 3 is 2.47 bits per heavy atom. The third-order valence-corrected chi connectivity index (χ3v) is 6.38. The number of aromatic amines is 1. The molecule has 1 N–H and O–H groups in total. The molecule has 0 radical (unpaired) electrons. The van der Waals surface area contributed by atoms with Crippen molar-refractivity contribution in [3.05, 3.63) is 99.1 Å². The van der Waals surface area contributed by atoms with Crippen molar-refractivity contribution in [1.29, 1.82) is 0 Å². The first kappa shape index (κ1) is 20.8. The van der Waals surface area contributed by atoms with Crippen molar-refractivity contribution in [2.24, 2.45) is 0 Å². The van der Waals surface area contributed by atoms with Crippen LogP contribution in [-0.4, -0.2) is 22.7 Å². The molecule has 7 heteroatoms. The van der Waals surface area contributed by atoms with Crippen LogP contribution in [0.15, 0.2) is 77.3 Å². The van der Waals surface area contributed by atoms with Crippen LogP contribution < -0.4 is 9.64 Å². The summed E-state index contributed by atoms with van der Waals surface area (Å²) in [6.45, 7) is 2.55. The number of fused-ring (bicyclic) bond motifs is 1. The number of hydrogen-bond donors (Lipinski definition) is 1. The Balaban J connectivity index is 1.68. The average Bonchev–Trinajstić information content (AvgIpc) is 3.35. The third kappa shape index (κ3) is 3.49. The molecule has 5 rings (SSSR count). The molecule has 4 aromatic rings. The molecule has 1 atom stereocenters. The SMILES string of the molecule is CCOc1ccc(-c2n[nH]c3c2[C@@H](c2ccccc2Cl)N(c2ccc(Br)cc2)C3=O)cc1. The van der Waals surface area contributed by atoms with Gasteiger partial charge in [-0.3, -0.25) is 14.8 Å². The Labute approximate surface area is 199 Å². The van der Waals surface area contributed by atoms with Crippen LogP contribution in [-0.2, 0) is 0 Å². The van der Waals surface area contributed by atoms with Gasteiger partial charge in [-0.25, -0.2) is 0 Å². The minimum absolute atomic E-state index is 0.142. The number of nitrogens with one attached hydrogen (secondary N) is 1. The van der Waals surface area contributed by atoms with E-state index in [1.165, 1.54) is 0 Å². The topological polar surface area (TPSA) is 58.2 Å². The highest BCUT2D eigenvalue weighted by Crippen LogP contribution is 2.46. The molecule has 1 amide bonds. The summed E-state index contributed by atoms with van der Waals surface area (Å²) in [6.07, 6.45) is 0. The van der Waals surface area contributed by atoms with E-state index >= 15 is 0 Å². The van der Waals surface area contributed by atoms with E-state index in [4.69, 9.17) is 16.3 Å². The van der Waals surface area contributed by atoms with E-state index in [1.54, 1.807) is 4.90 Å². The van der Waals surface area contributed by atoms with Crippen molar-refractivity contribution in [3.63, 3.8) is 0 Å². The molecule has 0 saturated heterocycles. The Bertz CT molecular complexity index is 1290. The van der Waals surface area contributed by atoms with E-state index < -0.39 is 6.04 Å². The summed E-state index contributed by atoms with van der Waals surface area (Å²) in [7, 11) is 0. The van der Waals surface area contributed by atoms with Crippen molar-refractivity contribution in [2.75, 3.05) is 11.5 Å². The molecular formula is C25H19BrClN3O2. The number of halogens is 2. The van der Waals surface area contributed by atoms with Crippen molar-refractivity contribution >= 4 is 39.1 Å². The molecule has 3 aromatic carbocycles. The standard InChI is InChI=1S/C25H19BrClN3O2/c1-2-32-18-13-7-15(8-14-18)22-21-23(29-28-22)25(31)30(17-11-9-16(26)10-12-17)24(21)19-5-3-4-6-20(19)27/h3-14,24H,2H2,1H3,(H,28,29)/t24-/m1/s1. The molecular weight excluding hydrogens is 490 g/mol. The number of ether oxygens (including phenoxy) is 1. The smallest absolute Gasteiger partial charge is 0.277 e. The van der Waals surface area contributed by atoms with Gasteiger partial charge in [0.25, 0.3) is 5.91 Å². The minimum Gasteiger partial charge on any atom is -0.494 e. The highest BCUT2D eigenvalue weighted by atomic mass is 79.9. The molecule has 5 nitrogen and oxygen atoms in total. The van der Waals surface area contributed by atoms with E-state index in [9.17, 15) is 4.79 Å². The van der Waals surface area contributed by atoms with Gasteiger partial charge in [0.15, 0.2) is 0 Å². The van der Waals surface area contributed by atoms with Crippen LogP contribution in [0.4, 0.5) is 5.69 Å². The third-order valence-electron chi connectivity index (χ3n) is 5.51. The van der Waals surface area contributed by atoms with Gasteiger partial charge in [0.05, 0.1) is 18.3 Å². The molecule has 2 heterocycles. The number of H-pyrrole nitrogens is 1. The van der Waals surface area contributed by atoms with E-state index in [1.807, 2.05) is 79.7 Å². The number of aromatic nitrogens is 2. The van der Waals surface area contributed by atoms with Crippen LogP contribution in [0.1, 0.15) is 34.6 Å². The van der Waals surface area contributed by atoms with Crippen LogP contribution in [0.5, 0.6) is 5.75 Å². The maximum atomic E-state index is 13.5. The Kier molecular flexibility index (Phi) is 5.49. The summed E-state index contributed by atoms with van der Waals surface area (Å²) in [6, 6.07) is 22.6. The maximum Gasteiger partial charge on any atom is 0.277 e. The zero-order valence-corrected chi connectivity index (χ0v) is 19.5. The van der Waals surface area contributed by atoms with Gasteiger partial charge in [-0.15, -0.1) is 0 Å². The summed E-state index contributed by atoms with van der Waals surface area (Å²) >= 11 is 10.1. The molecule has 0 aliphatic carbocycles. The number of nitrogens with zero attached hydrogens (tertiary/aromatic N) is 2. The van der Waals surface area contributed by atoms with Crippen LogP contribution >= 0.6 is 27.5 Å². The number of carbonyl (C=O) groups excluding carboxylic acids is 1. The summed E-state index contributed by atoms with van der Waals surface area (Å²) in [4.78, 5) is 15.3. The zero-order valence-electron chi connectivity index (χ0n) is 17.2. The monoisotopic (exact) mass is 507 g/mol. The lowest BCUT2D eigenvalue weighted by Crippen LogP contribution is -2.29. The maximum absolute atomic E-state index is 13.5. The molecule has 1 aromatic heterocycles. The molecule has 0 fully saturated rings. The number of hydrogen-bond acceptors (Lipinski definition) is 3. The Morgan fingerprint density at radius 2 is 1.78 bits per heavy atom. The highest BCUT2D eigenvalue weighted by Gasteiger charge is 2.43. The summed E-state index contributed by atoms with van der Waals surface area (Å²) in [5.41, 5.74) is 4.54. The van der Waals surface area contributed by atoms with E-state index in [2.05, 4.69) is 26.1 Å². The normalized spacial score (nSPS) is 15.2. The molecule has 0 saturated carbocycles. The first-order chi connectivity index (χ1) is 15.6. The quantitative estimate of drug-likeness (QED) is 0.329. The van der Waals surface area contributed by atoms with Crippen LogP contribution in [0, 0.1) is 0 Å². The summed E-state index contributed by atoms with van der Waals surface area (Å²) in [5, 5.41) is 8.09. The first-order valence-corrected chi connectivity index (χ1v) is 11.4. The molecule has 1 aliphatic rings. The van der Waals surface area contributed by atoms with Gasteiger partial charge < -0.3 is 4.74 Å². The van der Waals surface area contributed by atoms with Gasteiger partial charge in [0.1, 0.15) is 11.4 Å². The number of anilines is 1. The molecule has 1 aliphatic heterocycles. The lowest BCUT2D eigenvalue weighted by Gasteiger charge is -2.27. The Morgan fingerprint density at radius 1 is 1.06 bits per heavy atom. The molecule has 160 valence electrons. The van der Waals surface area contributed by atoms with Crippen molar-refractivity contribution in [2.45, 2.75) is 13.0 Å². The first-order valence-electron chi connectivity index (χ1n) is 10.2. The number of benzene rings is 3. The zero-order chi connectivity index (χ0) is 22.2. The number of rotatable bonds is 5. The van der Waals surface area contributed by atoms with Gasteiger partial charge in [0, 0.05) is 26.3 Å². The molecule has 0 unspecified atom stereocenters. The highest BCUT2D eigenvalue weighted by molar-refractivity contribution is 9.10. The van der Waals surface area contributed by atoms with Crippen LogP contribution in [0.2, 0.25) is 5.02 Å². The van der Waals surface area contributed by atoms with Crippen molar-refractivity contribution in [1.82, 2.24) is 10.2 Å². The van der Waals surface area contributed by atoms with Gasteiger partial charge in [0.2, 0.25) is 0 Å². The fourth-order valence-electron chi connectivity index (χ4n) is 4.10. The van der Waals surface area contributed by atoms with E-state index in [0.29, 0.717) is 17.3 Å². The fraction of sp³-hybridized carbons (Fsp3) is 0.120. The fourth-order valence-corrected chi connectivity index (χ4v) is 4.61. The average molecular weight is 509 g/mol. The lowest BCUT2D eigenvalue weighted by molar-refractivity contribution is 0.0989. The van der Waals surface area contributed by atoms with Gasteiger partial charge in [-0.2, -0.15) is 5.10 Å². The van der Waals surface area contributed by atoms with Gasteiger partial charge in [-0.1, -0.05) is 45.7 Å². The second-order valence-corrected chi connectivity index (χ2v) is 8.72. The van der Waals surface area contributed by atoms with Crippen LogP contribution in [0.25, 0.3) is 11.3 Å². The van der Waals surface area contributed by atoms with Gasteiger partial charge in [-0.05, 0) is 67.1 Å². The lowest BCUT2D eigenvalue weighted by atomic mass is 9.95. The second-order valence-electron chi connectivity index (χ2n) is 7.39. The van der Waals surface area contributed by atoms with Crippen LogP contribution in [0.3, 0.4) is 0 Å². The second kappa shape index (κ2) is 8.45. The number of carbonyl (C=O) groups is 1. The predicted octanol–water partition coefficient (Wildman–Crippen LogP) is 6.64. The largest absolute Gasteiger partial charge is 0.494 e. The summed E-state index contributed by atoms with van der Waals surface area (Å²) < 4.78 is 6.51. The number of amides is 1. The Hall–Kier alpha value is -3.09. The molecule has 32 heavy (non-hydrogen) atoms.